The maximum Gasteiger partial charge on any atom is 0.339 e. The van der Waals surface area contributed by atoms with E-state index in [2.05, 4.69) is 31.2 Å². The molecule has 1 atom stereocenters. The highest BCUT2D eigenvalue weighted by Crippen LogP contribution is 2.15. The lowest BCUT2D eigenvalue weighted by Gasteiger charge is -2.27. The zero-order valence-corrected chi connectivity index (χ0v) is 14.1. The zero-order chi connectivity index (χ0) is 15.6. The van der Waals surface area contributed by atoms with E-state index in [1.807, 2.05) is 6.92 Å². The summed E-state index contributed by atoms with van der Waals surface area (Å²) in [6, 6.07) is 0. The number of H-pyrrole nitrogens is 1. The van der Waals surface area contributed by atoms with E-state index in [9.17, 15) is 9.90 Å². The number of carbonyl (C=O) groups excluding carboxylic acids is 1. The van der Waals surface area contributed by atoms with Gasteiger partial charge in [-0.2, -0.15) is 0 Å². The Bertz CT molecular complexity index is 478. The minimum Gasteiger partial charge on any atom is -0.458 e. The van der Waals surface area contributed by atoms with Gasteiger partial charge in [0.1, 0.15) is 16.0 Å². The first-order valence-electron chi connectivity index (χ1n) is 6.39. The minimum atomic E-state index is -1.57. The number of aromatic amines is 1. The van der Waals surface area contributed by atoms with E-state index in [-0.39, 0.29) is 6.54 Å². The fraction of sp³-hybridized carbons (Fsp3) is 0.692. The standard InChI is InChI=1S/C13H22BrN3O3/c1-8-16-9(10(14)17-8)6-15-7-13(5,19)11(18)20-12(2,3)4/h15,19H,6-7H2,1-5H3,(H,16,17). The van der Waals surface area contributed by atoms with E-state index in [1.165, 1.54) is 6.92 Å². The van der Waals surface area contributed by atoms with Crippen LogP contribution in [-0.2, 0) is 16.1 Å². The van der Waals surface area contributed by atoms with Crippen LogP contribution in [0.15, 0.2) is 4.60 Å². The van der Waals surface area contributed by atoms with Gasteiger partial charge in [-0.1, -0.05) is 0 Å². The summed E-state index contributed by atoms with van der Waals surface area (Å²) in [5.41, 5.74) is -1.33. The van der Waals surface area contributed by atoms with Gasteiger partial charge in [-0.15, -0.1) is 0 Å². The SMILES string of the molecule is Cc1nc(Br)c(CNCC(C)(O)C(=O)OC(C)(C)C)[nH]1. The molecule has 0 saturated carbocycles. The molecular weight excluding hydrogens is 326 g/mol. The topological polar surface area (TPSA) is 87.2 Å². The van der Waals surface area contributed by atoms with Crippen molar-refractivity contribution in [2.45, 2.75) is 52.4 Å². The molecule has 114 valence electrons. The van der Waals surface area contributed by atoms with Gasteiger partial charge in [-0.05, 0) is 50.5 Å². The summed E-state index contributed by atoms with van der Waals surface area (Å²) in [5.74, 6) is 0.157. The molecular formula is C13H22BrN3O3. The maximum atomic E-state index is 11.9. The van der Waals surface area contributed by atoms with Gasteiger partial charge in [0.05, 0.1) is 5.69 Å². The average molecular weight is 348 g/mol. The first-order valence-corrected chi connectivity index (χ1v) is 7.18. The summed E-state index contributed by atoms with van der Waals surface area (Å²) in [5, 5.41) is 13.1. The summed E-state index contributed by atoms with van der Waals surface area (Å²) in [4.78, 5) is 19.1. The molecule has 1 heterocycles. The van der Waals surface area contributed by atoms with E-state index >= 15 is 0 Å². The Morgan fingerprint density at radius 1 is 1.45 bits per heavy atom. The number of ether oxygens (including phenoxy) is 1. The van der Waals surface area contributed by atoms with Crippen molar-refractivity contribution in [3.63, 3.8) is 0 Å². The average Bonchev–Trinajstić information content (AvgIpc) is 2.54. The number of rotatable bonds is 5. The van der Waals surface area contributed by atoms with Gasteiger partial charge in [0.15, 0.2) is 5.60 Å². The zero-order valence-electron chi connectivity index (χ0n) is 12.5. The lowest BCUT2D eigenvalue weighted by molar-refractivity contribution is -0.174. The number of imidazole rings is 1. The lowest BCUT2D eigenvalue weighted by Crippen LogP contribution is -2.48. The van der Waals surface area contributed by atoms with Gasteiger partial charge in [0.2, 0.25) is 0 Å². The van der Waals surface area contributed by atoms with Crippen LogP contribution in [0, 0.1) is 6.92 Å². The van der Waals surface area contributed by atoms with Crippen LogP contribution < -0.4 is 5.32 Å². The number of hydrogen-bond donors (Lipinski definition) is 3. The Balaban J connectivity index is 2.51. The van der Waals surface area contributed by atoms with E-state index < -0.39 is 17.2 Å². The summed E-state index contributed by atoms with van der Waals surface area (Å²) in [6.07, 6.45) is 0. The predicted octanol–water partition coefficient (Wildman–Crippen LogP) is 1.66. The van der Waals surface area contributed by atoms with E-state index in [4.69, 9.17) is 4.74 Å². The molecule has 1 aromatic heterocycles. The maximum absolute atomic E-state index is 11.9. The fourth-order valence-corrected chi connectivity index (χ4v) is 2.03. The van der Waals surface area contributed by atoms with Crippen molar-refractivity contribution in [1.82, 2.24) is 15.3 Å². The highest BCUT2D eigenvalue weighted by Gasteiger charge is 2.34. The molecule has 1 aromatic rings. The number of aryl methyl sites for hydroxylation is 1. The van der Waals surface area contributed by atoms with Gasteiger partial charge in [-0.25, -0.2) is 9.78 Å². The molecule has 0 aliphatic rings. The van der Waals surface area contributed by atoms with Gasteiger partial charge in [0.25, 0.3) is 0 Å². The number of esters is 1. The molecule has 0 spiro atoms. The second-order valence-electron chi connectivity index (χ2n) is 5.97. The third-order valence-electron chi connectivity index (χ3n) is 2.46. The van der Waals surface area contributed by atoms with Crippen LogP contribution in [0.3, 0.4) is 0 Å². The first-order chi connectivity index (χ1) is 9.01. The molecule has 6 nitrogen and oxygen atoms in total. The largest absolute Gasteiger partial charge is 0.458 e. The molecule has 1 rings (SSSR count). The minimum absolute atomic E-state index is 0.0897. The summed E-state index contributed by atoms with van der Waals surface area (Å²) >= 11 is 3.33. The van der Waals surface area contributed by atoms with Crippen LogP contribution in [0.2, 0.25) is 0 Å². The molecule has 0 aliphatic carbocycles. The number of halogens is 1. The van der Waals surface area contributed by atoms with Crippen LogP contribution in [0.4, 0.5) is 0 Å². The van der Waals surface area contributed by atoms with Crippen molar-refractivity contribution in [2.24, 2.45) is 0 Å². The first kappa shape index (κ1) is 17.1. The van der Waals surface area contributed by atoms with Crippen molar-refractivity contribution in [3.8, 4) is 0 Å². The highest BCUT2D eigenvalue weighted by molar-refractivity contribution is 9.10. The lowest BCUT2D eigenvalue weighted by atomic mass is 10.1. The van der Waals surface area contributed by atoms with Crippen LogP contribution in [0.1, 0.15) is 39.2 Å². The summed E-state index contributed by atoms with van der Waals surface area (Å²) in [7, 11) is 0. The summed E-state index contributed by atoms with van der Waals surface area (Å²) < 4.78 is 5.90. The Morgan fingerprint density at radius 2 is 2.05 bits per heavy atom. The van der Waals surface area contributed by atoms with E-state index in [1.54, 1.807) is 20.8 Å². The van der Waals surface area contributed by atoms with E-state index in [0.29, 0.717) is 6.54 Å². The molecule has 0 saturated heterocycles. The third kappa shape index (κ3) is 5.22. The van der Waals surface area contributed by atoms with Crippen molar-refractivity contribution in [1.29, 1.82) is 0 Å². The number of nitrogens with one attached hydrogen (secondary N) is 2. The molecule has 0 aliphatic heterocycles. The van der Waals surface area contributed by atoms with Gasteiger partial charge < -0.3 is 20.1 Å². The molecule has 0 fully saturated rings. The molecule has 0 amide bonds. The predicted molar refractivity (Wildman–Crippen MR) is 79.2 cm³/mol. The quantitative estimate of drug-likeness (QED) is 0.705. The Hall–Kier alpha value is -0.920. The van der Waals surface area contributed by atoms with Gasteiger partial charge in [0, 0.05) is 13.1 Å². The van der Waals surface area contributed by atoms with Crippen molar-refractivity contribution < 1.29 is 14.6 Å². The molecule has 7 heteroatoms. The summed E-state index contributed by atoms with van der Waals surface area (Å²) in [6.45, 7) is 9.12. The number of carbonyl (C=O) groups is 1. The van der Waals surface area contributed by atoms with Crippen LogP contribution in [0.25, 0.3) is 0 Å². The normalized spacial score (nSPS) is 14.9. The number of hydrogen-bond acceptors (Lipinski definition) is 5. The molecule has 0 bridgehead atoms. The highest BCUT2D eigenvalue weighted by atomic mass is 79.9. The van der Waals surface area contributed by atoms with Gasteiger partial charge in [-0.3, -0.25) is 0 Å². The number of aliphatic hydroxyl groups is 1. The Kier molecular flexibility index (Phi) is 5.34. The third-order valence-corrected chi connectivity index (χ3v) is 3.11. The van der Waals surface area contributed by atoms with Crippen molar-refractivity contribution in [3.05, 3.63) is 16.1 Å². The monoisotopic (exact) mass is 347 g/mol. The molecule has 20 heavy (non-hydrogen) atoms. The Morgan fingerprint density at radius 3 is 2.50 bits per heavy atom. The van der Waals surface area contributed by atoms with Crippen molar-refractivity contribution in [2.75, 3.05) is 6.54 Å². The molecule has 0 radical (unpaired) electrons. The molecule has 3 N–H and O–H groups in total. The molecule has 1 unspecified atom stereocenters. The van der Waals surface area contributed by atoms with Gasteiger partial charge >= 0.3 is 5.97 Å². The van der Waals surface area contributed by atoms with Crippen LogP contribution in [-0.4, -0.2) is 38.8 Å². The Labute approximate surface area is 127 Å². The van der Waals surface area contributed by atoms with E-state index in [0.717, 1.165) is 16.1 Å². The number of aromatic nitrogens is 2. The fourth-order valence-electron chi connectivity index (χ4n) is 1.52. The second-order valence-corrected chi connectivity index (χ2v) is 6.72. The number of nitrogens with zero attached hydrogens (tertiary/aromatic N) is 1. The smallest absolute Gasteiger partial charge is 0.339 e. The van der Waals surface area contributed by atoms with Crippen molar-refractivity contribution >= 4 is 21.9 Å². The van der Waals surface area contributed by atoms with Crippen LogP contribution >= 0.6 is 15.9 Å². The van der Waals surface area contributed by atoms with Crippen LogP contribution in [0.5, 0.6) is 0 Å². The second kappa shape index (κ2) is 6.24. The molecule has 0 aromatic carbocycles.